The number of rotatable bonds is 5. The van der Waals surface area contributed by atoms with Crippen molar-refractivity contribution in [2.45, 2.75) is 18.9 Å². The number of piperidine rings is 1. The van der Waals surface area contributed by atoms with E-state index < -0.39 is 0 Å². The highest BCUT2D eigenvalue weighted by Crippen LogP contribution is 2.27. The Balaban J connectivity index is 1.36. The predicted molar refractivity (Wildman–Crippen MR) is 125 cm³/mol. The second kappa shape index (κ2) is 8.70. The van der Waals surface area contributed by atoms with Gasteiger partial charge in [0.25, 0.3) is 0 Å². The van der Waals surface area contributed by atoms with Crippen molar-refractivity contribution in [3.8, 4) is 33.9 Å². The van der Waals surface area contributed by atoms with E-state index in [-0.39, 0.29) is 0 Å². The Morgan fingerprint density at radius 3 is 2.58 bits per heavy atom. The third kappa shape index (κ3) is 4.49. The first-order valence-electron chi connectivity index (χ1n) is 10.7. The number of H-pyrrole nitrogens is 1. The van der Waals surface area contributed by atoms with E-state index in [2.05, 4.69) is 61.5 Å². The minimum absolute atomic E-state index is 0.501. The van der Waals surface area contributed by atoms with Gasteiger partial charge in [-0.15, -0.1) is 0 Å². The van der Waals surface area contributed by atoms with Gasteiger partial charge < -0.3 is 15.2 Å². The summed E-state index contributed by atoms with van der Waals surface area (Å²) in [6.45, 7) is 2.26. The minimum Gasteiger partial charge on any atom is -0.381 e. The van der Waals surface area contributed by atoms with Crippen LogP contribution < -0.4 is 5.32 Å². The lowest BCUT2D eigenvalue weighted by Gasteiger charge is -2.30. The minimum atomic E-state index is 0.501. The van der Waals surface area contributed by atoms with Crippen molar-refractivity contribution in [1.82, 2.24) is 24.8 Å². The van der Waals surface area contributed by atoms with Crippen LogP contribution in [-0.4, -0.2) is 51.0 Å². The van der Waals surface area contributed by atoms with E-state index >= 15 is 0 Å². The van der Waals surface area contributed by atoms with Crippen molar-refractivity contribution < 1.29 is 0 Å². The summed E-state index contributed by atoms with van der Waals surface area (Å²) < 4.78 is 0. The molecule has 0 atom stereocenters. The van der Waals surface area contributed by atoms with Crippen molar-refractivity contribution >= 4 is 5.69 Å². The first-order chi connectivity index (χ1) is 15.2. The van der Waals surface area contributed by atoms with Gasteiger partial charge in [0.1, 0.15) is 5.69 Å². The molecule has 4 heterocycles. The van der Waals surface area contributed by atoms with Gasteiger partial charge in [-0.05, 0) is 62.3 Å². The molecule has 0 bridgehead atoms. The van der Waals surface area contributed by atoms with Crippen LogP contribution >= 0.6 is 0 Å². The molecule has 3 aromatic heterocycles. The highest BCUT2D eigenvalue weighted by atomic mass is 15.1. The van der Waals surface area contributed by atoms with E-state index in [9.17, 15) is 0 Å². The van der Waals surface area contributed by atoms with Gasteiger partial charge in [-0.2, -0.15) is 0 Å². The Labute approximate surface area is 182 Å². The van der Waals surface area contributed by atoms with Gasteiger partial charge in [0.15, 0.2) is 5.82 Å². The standard InChI is InChI=1S/C25H26N6/c1-31-11-8-21(9-12-31)29-22-13-20(15-26-16-22)19-7-10-27-23(14-19)25-28-17-24(30-25)18-5-3-2-4-6-18/h2-7,10,13-17,21,29H,8-9,11-12H2,1H3,(H,28,30). The summed E-state index contributed by atoms with van der Waals surface area (Å²) in [5.74, 6) is 0.759. The normalized spacial score (nSPS) is 15.1. The number of anilines is 1. The monoisotopic (exact) mass is 410 g/mol. The van der Waals surface area contributed by atoms with E-state index in [0.717, 1.165) is 65.5 Å². The molecular weight excluding hydrogens is 384 g/mol. The Morgan fingerprint density at radius 2 is 1.74 bits per heavy atom. The molecule has 1 aliphatic heterocycles. The third-order valence-electron chi connectivity index (χ3n) is 5.82. The zero-order chi connectivity index (χ0) is 21.0. The van der Waals surface area contributed by atoms with Crippen molar-refractivity contribution in [2.24, 2.45) is 0 Å². The van der Waals surface area contributed by atoms with Gasteiger partial charge in [-0.25, -0.2) is 4.98 Å². The molecule has 1 aromatic carbocycles. The molecule has 0 aliphatic carbocycles. The largest absolute Gasteiger partial charge is 0.381 e. The molecule has 6 nitrogen and oxygen atoms in total. The van der Waals surface area contributed by atoms with Gasteiger partial charge >= 0.3 is 0 Å². The van der Waals surface area contributed by atoms with Gasteiger partial charge in [-0.1, -0.05) is 30.3 Å². The number of likely N-dealkylation sites (tertiary alicyclic amines) is 1. The molecule has 0 unspecified atom stereocenters. The third-order valence-corrected chi connectivity index (χ3v) is 5.82. The van der Waals surface area contributed by atoms with E-state index in [4.69, 9.17) is 0 Å². The lowest BCUT2D eigenvalue weighted by atomic mass is 10.0. The molecule has 0 saturated carbocycles. The topological polar surface area (TPSA) is 69.7 Å². The van der Waals surface area contributed by atoms with Crippen LogP contribution in [0.2, 0.25) is 0 Å². The number of hydrogen-bond acceptors (Lipinski definition) is 5. The van der Waals surface area contributed by atoms with E-state index in [1.54, 1.807) is 0 Å². The van der Waals surface area contributed by atoms with E-state index in [0.29, 0.717) is 6.04 Å². The first kappa shape index (κ1) is 19.5. The number of benzene rings is 1. The summed E-state index contributed by atoms with van der Waals surface area (Å²) in [6.07, 6.45) is 9.79. The molecule has 31 heavy (non-hydrogen) atoms. The Kier molecular flexibility index (Phi) is 5.46. The maximum atomic E-state index is 4.55. The smallest absolute Gasteiger partial charge is 0.156 e. The van der Waals surface area contributed by atoms with Gasteiger partial charge in [0.05, 0.1) is 17.6 Å². The van der Waals surface area contributed by atoms with Crippen LogP contribution in [0.15, 0.2) is 73.3 Å². The number of nitrogens with one attached hydrogen (secondary N) is 2. The van der Waals surface area contributed by atoms with Crippen molar-refractivity contribution in [1.29, 1.82) is 0 Å². The van der Waals surface area contributed by atoms with E-state index in [1.165, 1.54) is 0 Å². The highest BCUT2D eigenvalue weighted by molar-refractivity contribution is 5.71. The molecule has 5 rings (SSSR count). The maximum Gasteiger partial charge on any atom is 0.156 e. The predicted octanol–water partition coefficient (Wildman–Crippen LogP) is 4.71. The zero-order valence-electron chi connectivity index (χ0n) is 17.6. The van der Waals surface area contributed by atoms with E-state index in [1.807, 2.05) is 49.1 Å². The van der Waals surface area contributed by atoms with Crippen LogP contribution in [0.5, 0.6) is 0 Å². The van der Waals surface area contributed by atoms with Crippen molar-refractivity contribution in [3.63, 3.8) is 0 Å². The molecule has 2 N–H and O–H groups in total. The molecular formula is C25H26N6. The number of aromatic nitrogens is 4. The average Bonchev–Trinajstić information content (AvgIpc) is 3.32. The fourth-order valence-corrected chi connectivity index (χ4v) is 4.02. The molecule has 156 valence electrons. The van der Waals surface area contributed by atoms with Crippen LogP contribution in [0.3, 0.4) is 0 Å². The van der Waals surface area contributed by atoms with Gasteiger partial charge in [0.2, 0.25) is 0 Å². The van der Waals surface area contributed by atoms with Crippen LogP contribution in [0, 0.1) is 0 Å². The molecule has 4 aromatic rings. The molecule has 1 fully saturated rings. The van der Waals surface area contributed by atoms with Gasteiger partial charge in [-0.3, -0.25) is 9.97 Å². The Morgan fingerprint density at radius 1 is 0.903 bits per heavy atom. The summed E-state index contributed by atoms with van der Waals surface area (Å²) in [5, 5.41) is 3.66. The number of imidazole rings is 1. The summed E-state index contributed by atoms with van der Waals surface area (Å²) in [6, 6.07) is 16.9. The Bertz CT molecular complexity index is 1150. The quantitative estimate of drug-likeness (QED) is 0.499. The van der Waals surface area contributed by atoms with Crippen LogP contribution in [0.1, 0.15) is 12.8 Å². The molecule has 1 saturated heterocycles. The fourth-order valence-electron chi connectivity index (χ4n) is 4.02. The highest BCUT2D eigenvalue weighted by Gasteiger charge is 2.16. The summed E-state index contributed by atoms with van der Waals surface area (Å²) >= 11 is 0. The first-order valence-corrected chi connectivity index (χ1v) is 10.7. The summed E-state index contributed by atoms with van der Waals surface area (Å²) in [7, 11) is 2.18. The van der Waals surface area contributed by atoms with Crippen LogP contribution in [-0.2, 0) is 0 Å². The second-order valence-corrected chi connectivity index (χ2v) is 8.13. The number of hydrogen-bond donors (Lipinski definition) is 2. The van der Waals surface area contributed by atoms with Crippen LogP contribution in [0.25, 0.3) is 33.9 Å². The SMILES string of the molecule is CN1CCC(Nc2cncc(-c3ccnc(-c4ncc(-c5ccccc5)[nH]4)c3)c2)CC1. The number of aromatic amines is 1. The molecule has 1 aliphatic rings. The number of nitrogens with zero attached hydrogens (tertiary/aromatic N) is 4. The molecule has 0 amide bonds. The lowest BCUT2D eigenvalue weighted by Crippen LogP contribution is -2.36. The second-order valence-electron chi connectivity index (χ2n) is 8.13. The molecule has 6 heteroatoms. The Hall–Kier alpha value is -3.51. The maximum absolute atomic E-state index is 4.55. The average molecular weight is 411 g/mol. The summed E-state index contributed by atoms with van der Waals surface area (Å²) in [4.78, 5) is 19.3. The fraction of sp³-hybridized carbons (Fsp3) is 0.240. The molecule has 0 spiro atoms. The lowest BCUT2D eigenvalue weighted by molar-refractivity contribution is 0.264. The number of pyridine rings is 2. The summed E-state index contributed by atoms with van der Waals surface area (Å²) in [5.41, 5.74) is 6.10. The van der Waals surface area contributed by atoms with Crippen molar-refractivity contribution in [2.75, 3.05) is 25.5 Å². The zero-order valence-corrected chi connectivity index (χ0v) is 17.6. The van der Waals surface area contributed by atoms with Gasteiger partial charge in [0, 0.05) is 30.2 Å². The molecule has 0 radical (unpaired) electrons. The van der Waals surface area contributed by atoms with Crippen LogP contribution in [0.4, 0.5) is 5.69 Å². The van der Waals surface area contributed by atoms with Crippen molar-refractivity contribution in [3.05, 3.63) is 73.3 Å².